The van der Waals surface area contributed by atoms with Crippen molar-refractivity contribution in [1.29, 1.82) is 0 Å². The number of aromatic hydroxyl groups is 1. The predicted octanol–water partition coefficient (Wildman–Crippen LogP) is 4.23. The molecular formula is C68H88N12O18S. The fourth-order valence-corrected chi connectivity index (χ4v) is 12.4. The monoisotopic (exact) mass is 1390 g/mol. The van der Waals surface area contributed by atoms with Gasteiger partial charge >= 0.3 is 18.0 Å². The van der Waals surface area contributed by atoms with Gasteiger partial charge in [0.2, 0.25) is 35.1 Å². The number of cyclic esters (lactones) is 1. The molecule has 31 heteroatoms. The zero-order valence-corrected chi connectivity index (χ0v) is 57.9. The van der Waals surface area contributed by atoms with E-state index in [2.05, 4.69) is 37.0 Å². The summed E-state index contributed by atoms with van der Waals surface area (Å²) in [6.45, 7) is 11.1. The van der Waals surface area contributed by atoms with Crippen molar-refractivity contribution in [2.24, 2.45) is 5.92 Å². The van der Waals surface area contributed by atoms with Gasteiger partial charge < -0.3 is 69.4 Å². The molecule has 0 fully saturated rings. The standard InChI is InChI=1S/C68H88N12O18S/c1-10-48-49-33-47(81)21-22-53(49)75-60-50(48)36-80-55(60)34-52-51(65(80)88)38-96-66(89)68(52,11-2)98-58(84)15-13-27-77(8)67(90)97-37-43-17-19-45(20-18-43)73-62(85)42(6)72-64(87)59(40(3)4)76-56(82)23-16-41(5)95-31-30-94-29-26-71-63(86)54(39-99(91,92)93)74-57(83)24-28-79-46(35-78(9)69-7)32-44-14-12-25-70-61(44)79/h12,14,17-22,25,32-34,40-42,54,59,69,81H,10-11,13,15-16,23-24,26-31,35-39H2,1-9H3,(H,71,86)(H,72,87)(H,73,85)(H,74,83)(H,76,82)(H,91,92,93)/t41?,42-,54-,59-,68-/m0/s1. The number of carbonyl (C=O) groups excluding carboxylic acids is 8. The Morgan fingerprint density at radius 3 is 2.31 bits per heavy atom. The molecule has 5 atom stereocenters. The number of nitrogens with zero attached hydrogens (tertiary/aromatic N) is 6. The van der Waals surface area contributed by atoms with Crippen molar-refractivity contribution in [3.63, 3.8) is 0 Å². The number of fused-ring (bicyclic) bond motifs is 6. The molecular weight excluding hydrogens is 1300 g/mol. The van der Waals surface area contributed by atoms with E-state index < -0.39 is 98.8 Å². The fourth-order valence-electron chi connectivity index (χ4n) is 11.8. The van der Waals surface area contributed by atoms with Crippen LogP contribution in [-0.4, -0.2) is 179 Å². The third-order valence-corrected chi connectivity index (χ3v) is 18.0. The summed E-state index contributed by atoms with van der Waals surface area (Å²) in [4.78, 5) is 131. The van der Waals surface area contributed by atoms with E-state index >= 15 is 0 Å². The first kappa shape index (κ1) is 75.4. The van der Waals surface area contributed by atoms with Crippen LogP contribution in [0.5, 0.6) is 5.75 Å². The third kappa shape index (κ3) is 19.3. The lowest BCUT2D eigenvalue weighted by Gasteiger charge is -2.35. The van der Waals surface area contributed by atoms with Gasteiger partial charge in [0, 0.05) is 92.5 Å². The number of phenols is 1. The molecule has 0 spiro atoms. The van der Waals surface area contributed by atoms with Crippen molar-refractivity contribution in [3.8, 4) is 17.1 Å². The number of rotatable bonds is 35. The smallest absolute Gasteiger partial charge is 0.409 e. The van der Waals surface area contributed by atoms with Crippen LogP contribution in [0, 0.1) is 5.92 Å². The second-order valence-corrected chi connectivity index (χ2v) is 26.3. The van der Waals surface area contributed by atoms with Gasteiger partial charge in [-0.1, -0.05) is 39.8 Å². The van der Waals surface area contributed by atoms with E-state index in [1.807, 2.05) is 35.7 Å². The zero-order chi connectivity index (χ0) is 71.9. The summed E-state index contributed by atoms with van der Waals surface area (Å²) in [5, 5.41) is 26.8. The molecule has 0 saturated heterocycles. The number of amides is 6. The molecule has 0 bridgehead atoms. The number of hydrogen-bond donors (Lipinski definition) is 8. The van der Waals surface area contributed by atoms with E-state index in [-0.39, 0.29) is 121 Å². The molecule has 99 heavy (non-hydrogen) atoms. The van der Waals surface area contributed by atoms with Crippen LogP contribution in [0.1, 0.15) is 114 Å². The normalized spacial score (nSPS) is 15.3. The van der Waals surface area contributed by atoms with Crippen LogP contribution in [0.4, 0.5) is 10.5 Å². The largest absolute Gasteiger partial charge is 0.508 e. The molecule has 2 aromatic carbocycles. The third-order valence-electron chi connectivity index (χ3n) is 17.3. The Hall–Kier alpha value is -9.40. The molecule has 2 aliphatic rings. The van der Waals surface area contributed by atoms with Gasteiger partial charge in [-0.25, -0.2) is 24.6 Å². The van der Waals surface area contributed by atoms with Gasteiger partial charge in [-0.3, -0.25) is 43.5 Å². The van der Waals surface area contributed by atoms with E-state index in [0.29, 0.717) is 46.8 Å². The molecule has 0 aliphatic carbocycles. The SMILES string of the molecule is CCc1c2c(nc3ccc(O)cc13)-c1cc3c(c(=O)n1C2)COC(=O)[C@@]3(CC)OC(=O)CCCN(C)C(=O)OCc1ccc(NC(=O)[C@H](C)NC(=O)[C@@H](NC(=O)CCC(C)OCCOCCNC(=O)[C@H](CS(=O)(=O)O)NC(=O)CCn2c(CN(C)NC)cc3cccnc32)C(C)C)cc1. The number of benzene rings is 2. The van der Waals surface area contributed by atoms with Gasteiger partial charge in [0.15, 0.2) is 0 Å². The molecule has 0 saturated carbocycles. The zero-order valence-electron chi connectivity index (χ0n) is 57.1. The molecule has 8 N–H and O–H groups in total. The first-order chi connectivity index (χ1) is 47.1. The summed E-state index contributed by atoms with van der Waals surface area (Å²) in [5.41, 5.74) is 7.06. The highest BCUT2D eigenvalue weighted by Gasteiger charge is 2.50. The minimum absolute atomic E-state index is 0.00138. The highest BCUT2D eigenvalue weighted by molar-refractivity contribution is 7.85. The molecule has 30 nitrogen and oxygen atoms in total. The summed E-state index contributed by atoms with van der Waals surface area (Å²) in [6.07, 6.45) is 1.26. The number of anilines is 1. The molecule has 8 rings (SSSR count). The Morgan fingerprint density at radius 1 is 0.859 bits per heavy atom. The number of hydrazine groups is 1. The van der Waals surface area contributed by atoms with Crippen molar-refractivity contribution in [2.45, 2.75) is 149 Å². The van der Waals surface area contributed by atoms with Gasteiger partial charge in [-0.05, 0) is 118 Å². The molecule has 4 aromatic heterocycles. The number of esters is 2. The Kier molecular flexibility index (Phi) is 25.8. The van der Waals surface area contributed by atoms with Crippen LogP contribution in [0.3, 0.4) is 0 Å². The summed E-state index contributed by atoms with van der Waals surface area (Å²) in [7, 11) is 0.451. The van der Waals surface area contributed by atoms with Gasteiger partial charge in [0.25, 0.3) is 15.7 Å². The average molecular weight is 1390 g/mol. The minimum Gasteiger partial charge on any atom is -0.508 e. The second-order valence-electron chi connectivity index (χ2n) is 24.8. The van der Waals surface area contributed by atoms with Crippen LogP contribution in [0.15, 0.2) is 77.7 Å². The van der Waals surface area contributed by atoms with Crippen molar-refractivity contribution >= 4 is 85.3 Å². The van der Waals surface area contributed by atoms with Gasteiger partial charge in [0.05, 0.1) is 61.5 Å². The maximum absolute atomic E-state index is 14.1. The number of carbonyl (C=O) groups is 8. The van der Waals surface area contributed by atoms with Crippen LogP contribution in [0.2, 0.25) is 0 Å². The Labute approximate surface area is 572 Å². The predicted molar refractivity (Wildman–Crippen MR) is 363 cm³/mol. The van der Waals surface area contributed by atoms with Crippen LogP contribution >= 0.6 is 0 Å². The summed E-state index contributed by atoms with van der Waals surface area (Å²) >= 11 is 0. The summed E-state index contributed by atoms with van der Waals surface area (Å²) in [5.74, 6) is -5.85. The molecule has 6 heterocycles. The topological polar surface area (TPSA) is 389 Å². The van der Waals surface area contributed by atoms with Crippen molar-refractivity contribution in [2.75, 3.05) is 65.1 Å². The van der Waals surface area contributed by atoms with Gasteiger partial charge in [0.1, 0.15) is 48.5 Å². The number of nitrogens with one attached hydrogen (secondary N) is 6. The lowest BCUT2D eigenvalue weighted by molar-refractivity contribution is -0.189. The number of aryl methyl sites for hydroxylation is 2. The number of pyridine rings is 3. The first-order valence-electron chi connectivity index (χ1n) is 32.9. The number of ether oxygens (including phenoxy) is 5. The maximum Gasteiger partial charge on any atom is 0.409 e. The quantitative estimate of drug-likeness (QED) is 0.00906. The highest BCUT2D eigenvalue weighted by Crippen LogP contribution is 2.43. The van der Waals surface area contributed by atoms with Gasteiger partial charge in [-0.2, -0.15) is 8.42 Å². The fraction of sp³-hybridized carbons (Fsp3) is 0.485. The Morgan fingerprint density at radius 2 is 1.61 bits per heavy atom. The lowest BCUT2D eigenvalue weighted by Crippen LogP contribution is -2.53. The first-order valence-corrected chi connectivity index (χ1v) is 34.5. The van der Waals surface area contributed by atoms with Gasteiger partial charge in [-0.15, -0.1) is 0 Å². The maximum atomic E-state index is 14.1. The van der Waals surface area contributed by atoms with E-state index in [0.717, 1.165) is 27.6 Å². The van der Waals surface area contributed by atoms with Crippen molar-refractivity contribution in [3.05, 3.63) is 117 Å². The van der Waals surface area contributed by atoms with Crippen LogP contribution in [0.25, 0.3) is 33.3 Å². The van der Waals surface area contributed by atoms with E-state index in [1.165, 1.54) is 18.9 Å². The van der Waals surface area contributed by atoms with E-state index in [1.54, 1.807) is 100 Å². The Bertz CT molecular complexity index is 4140. The summed E-state index contributed by atoms with van der Waals surface area (Å²) in [6, 6.07) is 15.1. The average Bonchev–Trinajstić information content (AvgIpc) is 1.61. The molecule has 1 unspecified atom stereocenters. The second kappa shape index (κ2) is 33.9. The minimum atomic E-state index is -4.67. The molecule has 6 aromatic rings. The van der Waals surface area contributed by atoms with Crippen LogP contribution < -0.4 is 37.6 Å². The molecule has 6 amide bonds. The summed E-state index contributed by atoms with van der Waals surface area (Å²) < 4.78 is 65.0. The number of hydrogen-bond acceptors (Lipinski definition) is 21. The lowest BCUT2D eigenvalue weighted by atomic mass is 9.85. The molecule has 534 valence electrons. The molecule has 2 aliphatic heterocycles. The number of phenolic OH excluding ortho intramolecular Hbond substituents is 1. The highest BCUT2D eigenvalue weighted by atomic mass is 32.2. The van der Waals surface area contributed by atoms with Crippen molar-refractivity contribution < 1.29 is 80.1 Å². The van der Waals surface area contributed by atoms with E-state index in [4.69, 9.17) is 28.7 Å². The van der Waals surface area contributed by atoms with Crippen LogP contribution in [-0.2, 0) is 112 Å². The Balaban J connectivity index is 0.698. The van der Waals surface area contributed by atoms with E-state index in [9.17, 15) is 61.2 Å². The van der Waals surface area contributed by atoms with Crippen molar-refractivity contribution in [1.82, 2.24) is 55.7 Å². The number of aromatic nitrogens is 4. The molecule has 0 radical (unpaired) electrons.